The van der Waals surface area contributed by atoms with Crippen molar-refractivity contribution in [1.82, 2.24) is 5.01 Å². The highest BCUT2D eigenvalue weighted by molar-refractivity contribution is 4.73. The normalized spacial score (nSPS) is 11.1. The highest BCUT2D eigenvalue weighted by Crippen LogP contribution is 2.15. The van der Waals surface area contributed by atoms with E-state index in [1.165, 1.54) is 5.01 Å². The summed E-state index contributed by atoms with van der Waals surface area (Å²) in [5, 5.41) is 4.25. The summed E-state index contributed by atoms with van der Waals surface area (Å²) in [7, 11) is 1.69. The Hall–Kier alpha value is -0.600. The van der Waals surface area contributed by atoms with Crippen molar-refractivity contribution in [2.24, 2.45) is 5.29 Å². The molecule has 0 atom stereocenters. The van der Waals surface area contributed by atoms with E-state index in [0.717, 1.165) is 6.42 Å². The smallest absolute Gasteiger partial charge is 0.0549 e. The van der Waals surface area contributed by atoms with E-state index in [4.69, 9.17) is 0 Å². The summed E-state index contributed by atoms with van der Waals surface area (Å²) >= 11 is 0. The first-order valence-electron chi connectivity index (χ1n) is 3.11. The molecule has 3 nitrogen and oxygen atoms in total. The summed E-state index contributed by atoms with van der Waals surface area (Å²) in [5.41, 5.74) is -0.0955. The van der Waals surface area contributed by atoms with Crippen LogP contribution < -0.4 is 0 Å². The van der Waals surface area contributed by atoms with Gasteiger partial charge in [-0.2, -0.15) is 0 Å². The van der Waals surface area contributed by atoms with Crippen molar-refractivity contribution in [1.29, 1.82) is 0 Å². The van der Waals surface area contributed by atoms with Crippen molar-refractivity contribution in [3.05, 3.63) is 4.91 Å². The first-order chi connectivity index (χ1) is 4.04. The van der Waals surface area contributed by atoms with Gasteiger partial charge >= 0.3 is 0 Å². The Kier molecular flexibility index (Phi) is 2.62. The molecule has 9 heavy (non-hydrogen) atoms. The molecule has 0 aliphatic heterocycles. The van der Waals surface area contributed by atoms with E-state index in [-0.39, 0.29) is 5.54 Å². The van der Waals surface area contributed by atoms with Gasteiger partial charge in [0.2, 0.25) is 0 Å². The van der Waals surface area contributed by atoms with Crippen molar-refractivity contribution in [3.8, 4) is 0 Å². The Morgan fingerprint density at radius 2 is 2.00 bits per heavy atom. The van der Waals surface area contributed by atoms with Gasteiger partial charge in [-0.05, 0) is 20.3 Å². The summed E-state index contributed by atoms with van der Waals surface area (Å²) in [4.78, 5) is 9.99. The lowest BCUT2D eigenvalue weighted by molar-refractivity contribution is 0.155. The average Bonchev–Trinajstić information content (AvgIpc) is 1.86. The van der Waals surface area contributed by atoms with Gasteiger partial charge in [0.1, 0.15) is 0 Å². The molecular weight excluding hydrogens is 116 g/mol. The van der Waals surface area contributed by atoms with Gasteiger partial charge in [0.25, 0.3) is 0 Å². The largest absolute Gasteiger partial charge is 0.258 e. The highest BCUT2D eigenvalue weighted by atomic mass is 16.3. The van der Waals surface area contributed by atoms with Crippen molar-refractivity contribution in [3.63, 3.8) is 0 Å². The van der Waals surface area contributed by atoms with Gasteiger partial charge in [0.05, 0.1) is 10.8 Å². The quantitative estimate of drug-likeness (QED) is 0.431. The Balaban J connectivity index is 3.95. The number of rotatable bonds is 3. The third kappa shape index (κ3) is 2.00. The number of nitroso groups, excluding NO2 is 1. The molecule has 0 fully saturated rings. The molecule has 0 aliphatic rings. The maximum absolute atomic E-state index is 9.99. The predicted molar refractivity (Wildman–Crippen MR) is 37.9 cm³/mol. The molecule has 0 aromatic heterocycles. The number of hydrogen-bond acceptors (Lipinski definition) is 2. The predicted octanol–water partition coefficient (Wildman–Crippen LogP) is 1.79. The lowest BCUT2D eigenvalue weighted by Gasteiger charge is -2.28. The van der Waals surface area contributed by atoms with Crippen LogP contribution in [0.1, 0.15) is 27.2 Å². The molecule has 0 saturated carbocycles. The Bertz CT molecular complexity index is 101. The van der Waals surface area contributed by atoms with Crippen LogP contribution >= 0.6 is 0 Å². The second-order valence-electron chi connectivity index (χ2n) is 2.77. The fraction of sp³-hybridized carbons (Fsp3) is 1.00. The van der Waals surface area contributed by atoms with E-state index in [1.807, 2.05) is 20.8 Å². The minimum atomic E-state index is -0.0955. The summed E-state index contributed by atoms with van der Waals surface area (Å²) in [6, 6.07) is 0. The van der Waals surface area contributed by atoms with Gasteiger partial charge in [-0.3, -0.25) is 5.01 Å². The fourth-order valence-corrected chi connectivity index (χ4v) is 0.339. The van der Waals surface area contributed by atoms with E-state index in [0.29, 0.717) is 0 Å². The van der Waals surface area contributed by atoms with Gasteiger partial charge < -0.3 is 0 Å². The van der Waals surface area contributed by atoms with Crippen LogP contribution in [0.3, 0.4) is 0 Å². The molecule has 0 spiro atoms. The van der Waals surface area contributed by atoms with E-state index >= 15 is 0 Å². The fourth-order valence-electron chi connectivity index (χ4n) is 0.339. The van der Waals surface area contributed by atoms with E-state index < -0.39 is 0 Å². The average molecular weight is 130 g/mol. The van der Waals surface area contributed by atoms with Crippen LogP contribution in [0.2, 0.25) is 0 Å². The van der Waals surface area contributed by atoms with Crippen LogP contribution in [0.4, 0.5) is 0 Å². The van der Waals surface area contributed by atoms with Gasteiger partial charge in [-0.1, -0.05) is 6.92 Å². The van der Waals surface area contributed by atoms with Crippen LogP contribution in [0.25, 0.3) is 0 Å². The standard InChI is InChI=1S/C6H14N2O/c1-5-6(2,3)8(4)7-9/h5H2,1-4H3. The SMILES string of the molecule is CCC(C)(C)N(C)N=O. The van der Waals surface area contributed by atoms with Crippen molar-refractivity contribution in [2.45, 2.75) is 32.7 Å². The van der Waals surface area contributed by atoms with Crippen LogP contribution in [0.15, 0.2) is 5.29 Å². The second-order valence-corrected chi connectivity index (χ2v) is 2.77. The van der Waals surface area contributed by atoms with Crippen LogP contribution in [-0.2, 0) is 0 Å². The van der Waals surface area contributed by atoms with E-state index in [1.54, 1.807) is 7.05 Å². The highest BCUT2D eigenvalue weighted by Gasteiger charge is 2.20. The molecule has 0 aromatic carbocycles. The molecule has 0 N–H and O–H groups in total. The van der Waals surface area contributed by atoms with Gasteiger partial charge in [0, 0.05) is 7.05 Å². The lowest BCUT2D eigenvalue weighted by Crippen LogP contribution is -2.35. The first-order valence-corrected chi connectivity index (χ1v) is 3.11. The van der Waals surface area contributed by atoms with Gasteiger partial charge in [-0.25, -0.2) is 0 Å². The molecule has 0 unspecified atom stereocenters. The molecule has 0 bridgehead atoms. The topological polar surface area (TPSA) is 32.7 Å². The molecular formula is C6H14N2O. The first kappa shape index (κ1) is 8.40. The zero-order valence-corrected chi connectivity index (χ0v) is 6.51. The zero-order chi connectivity index (χ0) is 7.49. The molecule has 0 saturated heterocycles. The zero-order valence-electron chi connectivity index (χ0n) is 6.51. The van der Waals surface area contributed by atoms with Crippen molar-refractivity contribution in [2.75, 3.05) is 7.05 Å². The molecule has 0 rings (SSSR count). The van der Waals surface area contributed by atoms with Crippen molar-refractivity contribution < 1.29 is 0 Å². The lowest BCUT2D eigenvalue weighted by atomic mass is 10.0. The third-order valence-electron chi connectivity index (χ3n) is 1.86. The van der Waals surface area contributed by atoms with Gasteiger partial charge in [0.15, 0.2) is 0 Å². The Morgan fingerprint density at radius 3 is 2.11 bits per heavy atom. The molecule has 0 heterocycles. The molecule has 54 valence electrons. The van der Waals surface area contributed by atoms with Gasteiger partial charge in [-0.15, -0.1) is 4.91 Å². The molecule has 0 radical (unpaired) electrons. The minimum Gasteiger partial charge on any atom is -0.258 e. The third-order valence-corrected chi connectivity index (χ3v) is 1.86. The van der Waals surface area contributed by atoms with E-state index in [2.05, 4.69) is 5.29 Å². The Morgan fingerprint density at radius 1 is 1.56 bits per heavy atom. The number of nitrogens with zero attached hydrogens (tertiary/aromatic N) is 2. The maximum atomic E-state index is 9.99. The Labute approximate surface area is 56.0 Å². The molecule has 3 heteroatoms. The minimum absolute atomic E-state index is 0.0955. The van der Waals surface area contributed by atoms with Crippen LogP contribution in [0, 0.1) is 4.91 Å². The molecule has 0 aliphatic carbocycles. The monoisotopic (exact) mass is 130 g/mol. The summed E-state index contributed by atoms with van der Waals surface area (Å²) in [6.45, 7) is 5.99. The summed E-state index contributed by atoms with van der Waals surface area (Å²) < 4.78 is 0. The molecule has 0 aromatic rings. The molecule has 0 amide bonds. The van der Waals surface area contributed by atoms with Crippen LogP contribution in [0.5, 0.6) is 0 Å². The number of hydrogen-bond donors (Lipinski definition) is 0. The van der Waals surface area contributed by atoms with Crippen LogP contribution in [-0.4, -0.2) is 17.6 Å². The summed E-state index contributed by atoms with van der Waals surface area (Å²) in [5.74, 6) is 0. The maximum Gasteiger partial charge on any atom is 0.0549 e. The second kappa shape index (κ2) is 2.80. The van der Waals surface area contributed by atoms with Crippen molar-refractivity contribution >= 4 is 0 Å². The summed E-state index contributed by atoms with van der Waals surface area (Å²) in [6.07, 6.45) is 0.926. The van der Waals surface area contributed by atoms with E-state index in [9.17, 15) is 4.91 Å².